The molecule has 0 aliphatic rings. The molecule has 0 aliphatic carbocycles. The van der Waals surface area contributed by atoms with Crippen LogP contribution in [0.25, 0.3) is 71.8 Å². The van der Waals surface area contributed by atoms with E-state index in [1.807, 2.05) is 18.2 Å². The quantitative estimate of drug-likeness (QED) is 0.244. The molecule has 4 heterocycles. The maximum Gasteiger partial charge on any atom is 0.166 e. The molecule has 5 heteroatoms. The first kappa shape index (κ1) is 20.1. The highest BCUT2D eigenvalue weighted by atomic mass is 15.1. The predicted octanol–water partition coefficient (Wildman–Crippen LogP) is 7.47. The molecule has 0 unspecified atom stereocenters. The molecule has 0 saturated carbocycles. The van der Waals surface area contributed by atoms with E-state index in [4.69, 9.17) is 4.98 Å². The van der Waals surface area contributed by atoms with Crippen molar-refractivity contribution in [3.05, 3.63) is 116 Å². The lowest BCUT2D eigenvalue weighted by molar-refractivity contribution is 1.19. The fourth-order valence-electron chi connectivity index (χ4n) is 5.33. The van der Waals surface area contributed by atoms with Crippen LogP contribution < -0.4 is 0 Å². The number of rotatable bonds is 2. The zero-order valence-electron chi connectivity index (χ0n) is 19.7. The van der Waals surface area contributed by atoms with Gasteiger partial charge in [0.15, 0.2) is 11.3 Å². The Kier molecular flexibility index (Phi) is 4.16. The molecule has 0 bridgehead atoms. The highest BCUT2D eigenvalue weighted by molar-refractivity contribution is 6.09. The second kappa shape index (κ2) is 7.67. The Hall–Kier alpha value is -5.16. The number of hydrogen-bond acceptors (Lipinski definition) is 4. The van der Waals surface area contributed by atoms with E-state index in [2.05, 4.69) is 98.2 Å². The zero-order valence-corrected chi connectivity index (χ0v) is 19.7. The van der Waals surface area contributed by atoms with E-state index in [0.29, 0.717) is 0 Å². The summed E-state index contributed by atoms with van der Waals surface area (Å²) < 4.78 is 2.07. The van der Waals surface area contributed by atoms with Crippen molar-refractivity contribution in [2.45, 2.75) is 0 Å². The van der Waals surface area contributed by atoms with Gasteiger partial charge in [-0.25, -0.2) is 9.97 Å². The first-order valence-electron chi connectivity index (χ1n) is 12.2. The Morgan fingerprint density at radius 1 is 0.486 bits per heavy atom. The van der Waals surface area contributed by atoms with Gasteiger partial charge in [-0.05, 0) is 69.4 Å². The monoisotopic (exact) mass is 473 g/mol. The summed E-state index contributed by atoms with van der Waals surface area (Å²) in [5.74, 6) is 0. The molecule has 0 aliphatic heterocycles. The topological polar surface area (TPSA) is 56.0 Å². The molecular formula is C32H19N5. The van der Waals surface area contributed by atoms with Crippen LogP contribution in [0, 0.1) is 0 Å². The number of aromatic nitrogens is 5. The minimum atomic E-state index is 0.785. The van der Waals surface area contributed by atoms with Gasteiger partial charge in [0, 0.05) is 24.0 Å². The van der Waals surface area contributed by atoms with Crippen LogP contribution in [0.5, 0.6) is 0 Å². The number of pyridine rings is 2. The Bertz CT molecular complexity index is 2150. The number of nitrogens with zero attached hydrogens (tertiary/aromatic N) is 5. The van der Waals surface area contributed by atoms with Crippen LogP contribution in [-0.2, 0) is 0 Å². The molecule has 0 saturated heterocycles. The van der Waals surface area contributed by atoms with E-state index >= 15 is 0 Å². The van der Waals surface area contributed by atoms with Crippen molar-refractivity contribution >= 4 is 49.5 Å². The Labute approximate surface area is 211 Å². The highest BCUT2D eigenvalue weighted by Crippen LogP contribution is 2.33. The Morgan fingerprint density at radius 3 is 2.00 bits per heavy atom. The van der Waals surface area contributed by atoms with Crippen molar-refractivity contribution < 1.29 is 0 Å². The normalized spacial score (nSPS) is 11.8. The number of imidazole rings is 1. The molecule has 0 N–H and O–H groups in total. The Balaban J connectivity index is 1.30. The molecule has 8 rings (SSSR count). The summed E-state index contributed by atoms with van der Waals surface area (Å²) in [6, 6.07) is 34.2. The molecular weight excluding hydrogens is 454 g/mol. The molecule has 0 fully saturated rings. The predicted molar refractivity (Wildman–Crippen MR) is 149 cm³/mol. The van der Waals surface area contributed by atoms with Crippen molar-refractivity contribution in [1.29, 1.82) is 0 Å². The van der Waals surface area contributed by atoms with Crippen molar-refractivity contribution in [1.82, 2.24) is 24.3 Å². The minimum Gasteiger partial charge on any atom is -0.273 e. The lowest BCUT2D eigenvalue weighted by atomic mass is 9.97. The van der Waals surface area contributed by atoms with Gasteiger partial charge in [-0.3, -0.25) is 14.4 Å². The summed E-state index contributed by atoms with van der Waals surface area (Å²) in [5, 5.41) is 3.39. The van der Waals surface area contributed by atoms with Crippen molar-refractivity contribution in [2.75, 3.05) is 0 Å². The van der Waals surface area contributed by atoms with Crippen LogP contribution >= 0.6 is 0 Å². The molecule has 5 nitrogen and oxygen atoms in total. The highest BCUT2D eigenvalue weighted by Gasteiger charge is 2.16. The average Bonchev–Trinajstić information content (AvgIpc) is 3.36. The van der Waals surface area contributed by atoms with Crippen molar-refractivity contribution in [3.63, 3.8) is 0 Å². The zero-order chi connectivity index (χ0) is 24.3. The smallest absolute Gasteiger partial charge is 0.166 e. The second-order valence-electron chi connectivity index (χ2n) is 9.25. The molecule has 172 valence electrons. The van der Waals surface area contributed by atoms with Gasteiger partial charge in [0.05, 0.1) is 11.0 Å². The summed E-state index contributed by atoms with van der Waals surface area (Å²) in [7, 11) is 0. The van der Waals surface area contributed by atoms with Crippen LogP contribution in [0.1, 0.15) is 0 Å². The number of hydrogen-bond donors (Lipinski definition) is 0. The standard InChI is InChI=1S/C32H19N5/c1-2-5-20(6-3-1)21-8-9-23-18-24(11-10-22(23)17-21)25-12-13-28-27(19-25)36-32-30-26(7-4-14-33-30)29-31(37(28)32)35-16-15-34-29/h1-19H. The molecule has 37 heavy (non-hydrogen) atoms. The van der Waals surface area contributed by atoms with Gasteiger partial charge in [-0.15, -0.1) is 0 Å². The lowest BCUT2D eigenvalue weighted by Crippen LogP contribution is -1.96. The van der Waals surface area contributed by atoms with Crippen molar-refractivity contribution in [3.8, 4) is 22.3 Å². The summed E-state index contributed by atoms with van der Waals surface area (Å²) in [5.41, 5.74) is 9.86. The largest absolute Gasteiger partial charge is 0.273 e. The van der Waals surface area contributed by atoms with Gasteiger partial charge in [0.1, 0.15) is 11.0 Å². The molecule has 0 radical (unpaired) electrons. The van der Waals surface area contributed by atoms with Crippen LogP contribution in [0.3, 0.4) is 0 Å². The number of fused-ring (bicyclic) bond motifs is 9. The molecule has 8 aromatic rings. The van der Waals surface area contributed by atoms with Crippen LogP contribution in [0.15, 0.2) is 116 Å². The first-order valence-corrected chi connectivity index (χ1v) is 12.2. The summed E-state index contributed by atoms with van der Waals surface area (Å²) in [6.07, 6.45) is 5.25. The third kappa shape index (κ3) is 3.04. The van der Waals surface area contributed by atoms with Gasteiger partial charge in [0.25, 0.3) is 0 Å². The summed E-state index contributed by atoms with van der Waals surface area (Å²) in [6.45, 7) is 0. The summed E-state index contributed by atoms with van der Waals surface area (Å²) in [4.78, 5) is 18.9. The van der Waals surface area contributed by atoms with E-state index < -0.39 is 0 Å². The van der Waals surface area contributed by atoms with Gasteiger partial charge < -0.3 is 0 Å². The van der Waals surface area contributed by atoms with Gasteiger partial charge >= 0.3 is 0 Å². The number of benzene rings is 4. The second-order valence-corrected chi connectivity index (χ2v) is 9.25. The maximum absolute atomic E-state index is 5.02. The van der Waals surface area contributed by atoms with E-state index in [-0.39, 0.29) is 0 Å². The van der Waals surface area contributed by atoms with Gasteiger partial charge in [-0.1, -0.05) is 60.7 Å². The fourth-order valence-corrected chi connectivity index (χ4v) is 5.33. The van der Waals surface area contributed by atoms with E-state index in [0.717, 1.165) is 49.9 Å². The van der Waals surface area contributed by atoms with Gasteiger partial charge in [0.2, 0.25) is 0 Å². The summed E-state index contributed by atoms with van der Waals surface area (Å²) >= 11 is 0. The maximum atomic E-state index is 5.02. The minimum absolute atomic E-state index is 0.785. The Morgan fingerprint density at radius 2 is 1.16 bits per heavy atom. The molecule has 4 aromatic heterocycles. The van der Waals surface area contributed by atoms with Crippen LogP contribution in [0.2, 0.25) is 0 Å². The lowest BCUT2D eigenvalue weighted by Gasteiger charge is -2.08. The van der Waals surface area contributed by atoms with Crippen LogP contribution in [0.4, 0.5) is 0 Å². The SMILES string of the molecule is c1ccc(-c2ccc3cc(-c4ccc5c(c4)nc4c6ncccc6c6nccnc6n54)ccc3c2)cc1. The third-order valence-electron chi connectivity index (χ3n) is 7.10. The average molecular weight is 474 g/mol. The van der Waals surface area contributed by atoms with E-state index in [1.54, 1.807) is 18.6 Å². The molecule has 0 atom stereocenters. The third-order valence-corrected chi connectivity index (χ3v) is 7.10. The first-order chi connectivity index (χ1) is 18.3. The fraction of sp³-hybridized carbons (Fsp3) is 0. The molecule has 0 amide bonds. The molecule has 4 aromatic carbocycles. The molecule has 0 spiro atoms. The van der Waals surface area contributed by atoms with Crippen molar-refractivity contribution in [2.24, 2.45) is 0 Å². The van der Waals surface area contributed by atoms with E-state index in [9.17, 15) is 0 Å². The van der Waals surface area contributed by atoms with Gasteiger partial charge in [-0.2, -0.15) is 0 Å². The van der Waals surface area contributed by atoms with E-state index in [1.165, 1.54) is 21.9 Å². The van der Waals surface area contributed by atoms with Crippen LogP contribution in [-0.4, -0.2) is 24.3 Å².